The Bertz CT molecular complexity index is 1070. The number of nitro groups is 1. The van der Waals surface area contributed by atoms with Crippen LogP contribution in [0.4, 0.5) is 5.69 Å². The number of rotatable bonds is 6. The lowest BCUT2D eigenvalue weighted by Gasteiger charge is -2.42. The van der Waals surface area contributed by atoms with Gasteiger partial charge in [0, 0.05) is 38.5 Å². The van der Waals surface area contributed by atoms with Gasteiger partial charge in [-0.05, 0) is 11.6 Å². The zero-order chi connectivity index (χ0) is 26.3. The van der Waals surface area contributed by atoms with Crippen molar-refractivity contribution in [3.8, 4) is 11.8 Å². The number of esters is 4. The highest BCUT2D eigenvalue weighted by Crippen LogP contribution is 2.29. The van der Waals surface area contributed by atoms with Crippen LogP contribution in [-0.2, 0) is 49.5 Å². The molecule has 0 saturated carbocycles. The summed E-state index contributed by atoms with van der Waals surface area (Å²) >= 11 is 0. The first-order valence-electron chi connectivity index (χ1n) is 10.1. The van der Waals surface area contributed by atoms with Crippen LogP contribution < -0.4 is 0 Å². The van der Waals surface area contributed by atoms with Gasteiger partial charge >= 0.3 is 23.9 Å². The molecule has 188 valence electrons. The molecule has 0 spiro atoms. The van der Waals surface area contributed by atoms with Gasteiger partial charge in [0.1, 0.15) is 0 Å². The zero-order valence-electron chi connectivity index (χ0n) is 19.2. The van der Waals surface area contributed by atoms with Crippen LogP contribution in [0.5, 0.6) is 0 Å². The molecule has 1 N–H and O–H groups in total. The van der Waals surface area contributed by atoms with E-state index in [1.165, 1.54) is 12.1 Å². The van der Waals surface area contributed by atoms with Crippen molar-refractivity contribution in [3.05, 3.63) is 39.4 Å². The second-order valence-corrected chi connectivity index (χ2v) is 7.25. The molecule has 1 aromatic rings. The highest BCUT2D eigenvalue weighted by atomic mass is 16.7. The number of nitro benzene ring substituents is 1. The first-order chi connectivity index (χ1) is 16.5. The quantitative estimate of drug-likeness (QED) is 0.187. The van der Waals surface area contributed by atoms with Crippen molar-refractivity contribution >= 4 is 29.6 Å². The molecule has 5 unspecified atom stereocenters. The fourth-order valence-corrected chi connectivity index (χ4v) is 3.31. The molecule has 5 atom stereocenters. The van der Waals surface area contributed by atoms with Crippen molar-refractivity contribution in [3.63, 3.8) is 0 Å². The monoisotopic (exact) mass is 493 g/mol. The van der Waals surface area contributed by atoms with Crippen LogP contribution >= 0.6 is 0 Å². The third-order valence-corrected chi connectivity index (χ3v) is 4.70. The third-order valence-electron chi connectivity index (χ3n) is 4.70. The van der Waals surface area contributed by atoms with Crippen molar-refractivity contribution in [2.24, 2.45) is 0 Å². The maximum atomic E-state index is 12.4. The van der Waals surface area contributed by atoms with Gasteiger partial charge in [0.15, 0.2) is 30.5 Å². The first-order valence-corrected chi connectivity index (χ1v) is 10.1. The molecule has 1 heterocycles. The smallest absolute Gasteiger partial charge is 0.339 e. The van der Waals surface area contributed by atoms with E-state index in [-0.39, 0.29) is 16.8 Å². The Morgan fingerprint density at radius 2 is 1.60 bits per heavy atom. The summed E-state index contributed by atoms with van der Waals surface area (Å²) in [6.45, 7) is 2.67. The van der Waals surface area contributed by atoms with Gasteiger partial charge in [-0.3, -0.25) is 24.5 Å². The summed E-state index contributed by atoms with van der Waals surface area (Å²) in [5, 5.41) is 20.7. The fourth-order valence-electron chi connectivity index (χ4n) is 3.31. The molecule has 1 saturated heterocycles. The Kier molecular flexibility index (Phi) is 9.26. The summed E-state index contributed by atoms with van der Waals surface area (Å²) in [5.41, 5.74) is 0.0159. The second kappa shape index (κ2) is 11.9. The van der Waals surface area contributed by atoms with Crippen molar-refractivity contribution < 1.29 is 52.9 Å². The summed E-state index contributed by atoms with van der Waals surface area (Å²) in [6, 6.07) is 3.61. The van der Waals surface area contributed by atoms with Gasteiger partial charge in [0.05, 0.1) is 18.6 Å². The Morgan fingerprint density at radius 1 is 1.03 bits per heavy atom. The molecule has 0 radical (unpaired) electrons. The van der Waals surface area contributed by atoms with Gasteiger partial charge in [0.2, 0.25) is 0 Å². The predicted molar refractivity (Wildman–Crippen MR) is 113 cm³/mol. The lowest BCUT2D eigenvalue weighted by Crippen LogP contribution is -2.63. The number of ether oxygens (including phenoxy) is 5. The maximum absolute atomic E-state index is 12.4. The minimum Gasteiger partial charge on any atom is -0.467 e. The average Bonchev–Trinajstić information content (AvgIpc) is 2.78. The summed E-state index contributed by atoms with van der Waals surface area (Å²) in [5.74, 6) is 1.69. The predicted octanol–water partition coefficient (Wildman–Crippen LogP) is 0.174. The Balaban J connectivity index is 2.62. The highest BCUT2D eigenvalue weighted by molar-refractivity contribution is 5.77. The Morgan fingerprint density at radius 3 is 2.11 bits per heavy atom. The van der Waals surface area contributed by atoms with Crippen molar-refractivity contribution in [1.82, 2.24) is 0 Å². The molecular weight excluding hydrogens is 470 g/mol. The van der Waals surface area contributed by atoms with Crippen LogP contribution in [0.3, 0.4) is 0 Å². The van der Waals surface area contributed by atoms with Crippen LogP contribution in [0, 0.1) is 22.0 Å². The largest absolute Gasteiger partial charge is 0.467 e. The van der Waals surface area contributed by atoms with Crippen LogP contribution in [0.15, 0.2) is 18.2 Å². The standard InChI is InChI=1S/C22H23NO12/c1-11(25)32-18-17(8-6-14-9-16(23(29)30)7-5-15(14)10-24)35-21(22(28)31-4)20(34-13(3)27)19(18)33-12(2)26/h5,7,9,17-21,24H,10H2,1-4H3. The molecule has 13 nitrogen and oxygen atoms in total. The molecule has 2 rings (SSSR count). The van der Waals surface area contributed by atoms with E-state index in [4.69, 9.17) is 23.7 Å². The number of hydrogen-bond acceptors (Lipinski definition) is 12. The van der Waals surface area contributed by atoms with E-state index >= 15 is 0 Å². The topological polar surface area (TPSA) is 178 Å². The van der Waals surface area contributed by atoms with Crippen molar-refractivity contribution in [2.75, 3.05) is 7.11 Å². The normalized spacial score (nSPS) is 23.2. The number of non-ortho nitro benzene ring substituents is 1. The Hall–Kier alpha value is -4.02. The SMILES string of the molecule is COC(=O)C1OC(C#Cc2cc([N+](=O)[O-])ccc2CO)C(OC(C)=O)C(OC(C)=O)C1OC(C)=O. The molecule has 13 heteroatoms. The lowest BCUT2D eigenvalue weighted by molar-refractivity contribution is -0.384. The number of nitrogens with zero attached hydrogens (tertiary/aromatic N) is 1. The van der Waals surface area contributed by atoms with E-state index < -0.39 is 65.9 Å². The maximum Gasteiger partial charge on any atom is 0.339 e. The molecule has 0 aromatic heterocycles. The van der Waals surface area contributed by atoms with E-state index in [1.807, 2.05) is 0 Å². The van der Waals surface area contributed by atoms with Crippen molar-refractivity contribution in [1.29, 1.82) is 0 Å². The third kappa shape index (κ3) is 6.98. The van der Waals surface area contributed by atoms with E-state index in [9.17, 15) is 34.4 Å². The molecule has 1 aromatic carbocycles. The van der Waals surface area contributed by atoms with Gasteiger partial charge in [-0.1, -0.05) is 11.8 Å². The lowest BCUT2D eigenvalue weighted by atomic mass is 9.93. The molecule has 0 bridgehead atoms. The van der Waals surface area contributed by atoms with E-state index in [2.05, 4.69) is 11.8 Å². The molecule has 1 aliphatic heterocycles. The summed E-state index contributed by atoms with van der Waals surface area (Å²) in [6.07, 6.45) is -7.59. The summed E-state index contributed by atoms with van der Waals surface area (Å²) < 4.78 is 26.0. The number of methoxy groups -OCH3 is 1. The molecule has 0 aliphatic carbocycles. The minimum atomic E-state index is -1.62. The second-order valence-electron chi connectivity index (χ2n) is 7.25. The number of carbonyl (C=O) groups excluding carboxylic acids is 4. The molecule has 35 heavy (non-hydrogen) atoms. The molecule has 0 amide bonds. The van der Waals surface area contributed by atoms with Crippen LogP contribution in [0.1, 0.15) is 31.9 Å². The van der Waals surface area contributed by atoms with E-state index in [0.29, 0.717) is 0 Å². The summed E-state index contributed by atoms with van der Waals surface area (Å²) in [7, 11) is 1.05. The zero-order valence-corrected chi connectivity index (χ0v) is 19.2. The number of carbonyl (C=O) groups is 4. The molecular formula is C22H23NO12. The van der Waals surface area contributed by atoms with Crippen LogP contribution in [-0.4, -0.2) is 71.5 Å². The van der Waals surface area contributed by atoms with E-state index in [1.54, 1.807) is 0 Å². The number of aliphatic hydroxyl groups excluding tert-OH is 1. The fraction of sp³-hybridized carbons (Fsp3) is 0.455. The summed E-state index contributed by atoms with van der Waals surface area (Å²) in [4.78, 5) is 58.2. The van der Waals surface area contributed by atoms with Crippen LogP contribution in [0.2, 0.25) is 0 Å². The van der Waals surface area contributed by atoms with Gasteiger partial charge in [-0.25, -0.2) is 4.79 Å². The van der Waals surface area contributed by atoms with Gasteiger partial charge in [0.25, 0.3) is 5.69 Å². The van der Waals surface area contributed by atoms with Gasteiger partial charge in [-0.2, -0.15) is 0 Å². The number of hydrogen-bond donors (Lipinski definition) is 1. The van der Waals surface area contributed by atoms with Crippen LogP contribution in [0.25, 0.3) is 0 Å². The van der Waals surface area contributed by atoms with Gasteiger partial charge < -0.3 is 28.8 Å². The average molecular weight is 493 g/mol. The first kappa shape index (κ1) is 27.2. The van der Waals surface area contributed by atoms with E-state index in [0.717, 1.165) is 33.9 Å². The Labute approximate surface area is 199 Å². The molecule has 1 aliphatic rings. The highest BCUT2D eigenvalue weighted by Gasteiger charge is 2.54. The minimum absolute atomic E-state index is 0.0626. The number of benzene rings is 1. The number of aliphatic hydroxyl groups is 1. The molecule has 1 fully saturated rings. The van der Waals surface area contributed by atoms with Gasteiger partial charge in [-0.15, -0.1) is 0 Å². The van der Waals surface area contributed by atoms with Crippen molar-refractivity contribution in [2.45, 2.75) is 57.9 Å².